The van der Waals surface area contributed by atoms with Crippen molar-refractivity contribution in [2.45, 2.75) is 70.8 Å². The van der Waals surface area contributed by atoms with Gasteiger partial charge in [0.2, 0.25) is 0 Å². The summed E-state index contributed by atoms with van der Waals surface area (Å²) in [6, 6.07) is 0.501. The summed E-state index contributed by atoms with van der Waals surface area (Å²) in [5.74, 6) is 5.59. The molecule has 1 rings (SSSR count). The van der Waals surface area contributed by atoms with Crippen LogP contribution in [-0.2, 0) is 0 Å². The molecular weight excluding hydrogens is 184 g/mol. The first-order valence-corrected chi connectivity index (χ1v) is 6.50. The molecule has 0 radical (unpaired) electrons. The van der Waals surface area contributed by atoms with Gasteiger partial charge in [0.25, 0.3) is 0 Å². The number of unbranched alkanes of at least 4 members (excludes halogenated alkanes) is 2. The smallest absolute Gasteiger partial charge is 0.0247 e. The van der Waals surface area contributed by atoms with E-state index in [0.717, 1.165) is 0 Å². The first kappa shape index (κ1) is 12.7. The highest BCUT2D eigenvalue weighted by Gasteiger charge is 2.10. The molecule has 1 aliphatic rings. The van der Waals surface area contributed by atoms with Gasteiger partial charge in [-0.2, -0.15) is 0 Å². The van der Waals surface area contributed by atoms with E-state index in [1.807, 2.05) is 0 Å². The van der Waals surface area contributed by atoms with Crippen LogP contribution in [0.3, 0.4) is 0 Å². The minimum atomic E-state index is 0.501. The van der Waals surface area contributed by atoms with Gasteiger partial charge in [-0.15, -0.1) is 0 Å². The number of nitrogens with one attached hydrogen (secondary N) is 1. The lowest BCUT2D eigenvalue weighted by molar-refractivity contribution is 0.456. The molecule has 1 unspecified atom stereocenters. The third-order valence-corrected chi connectivity index (χ3v) is 3.29. The first-order chi connectivity index (χ1) is 7.36. The Bertz CT molecular complexity index is 187. The average molecular weight is 210 g/mol. The predicted molar refractivity (Wildman–Crippen MR) is 66.4 cm³/mol. The molecule has 0 spiro atoms. The van der Waals surface area contributed by atoms with Crippen molar-refractivity contribution in [2.24, 2.45) is 5.84 Å². The van der Waals surface area contributed by atoms with Crippen molar-refractivity contribution in [1.82, 2.24) is 5.43 Å². The molecule has 0 amide bonds. The maximum atomic E-state index is 5.59. The molecule has 0 aromatic heterocycles. The van der Waals surface area contributed by atoms with E-state index in [1.54, 1.807) is 5.57 Å². The lowest BCUT2D eigenvalue weighted by Crippen LogP contribution is -2.35. The van der Waals surface area contributed by atoms with E-state index in [0.29, 0.717) is 6.04 Å². The predicted octanol–water partition coefficient (Wildman–Crippen LogP) is 3.29. The molecule has 1 atom stereocenters. The van der Waals surface area contributed by atoms with Crippen LogP contribution >= 0.6 is 0 Å². The van der Waals surface area contributed by atoms with Gasteiger partial charge in [-0.25, -0.2) is 0 Å². The second kappa shape index (κ2) is 7.89. The van der Waals surface area contributed by atoms with E-state index in [2.05, 4.69) is 18.4 Å². The van der Waals surface area contributed by atoms with Crippen LogP contribution in [0.25, 0.3) is 0 Å². The highest BCUT2D eigenvalue weighted by atomic mass is 15.2. The normalized spacial score (nSPS) is 18.7. The topological polar surface area (TPSA) is 38.0 Å². The van der Waals surface area contributed by atoms with Crippen molar-refractivity contribution in [2.75, 3.05) is 0 Å². The molecule has 0 fully saturated rings. The Labute approximate surface area is 94.3 Å². The van der Waals surface area contributed by atoms with E-state index >= 15 is 0 Å². The number of allylic oxidation sites excluding steroid dienone is 1. The Hall–Kier alpha value is -0.340. The molecule has 88 valence electrons. The van der Waals surface area contributed by atoms with Gasteiger partial charge in [0.15, 0.2) is 0 Å². The van der Waals surface area contributed by atoms with E-state index in [4.69, 9.17) is 5.84 Å². The van der Waals surface area contributed by atoms with E-state index < -0.39 is 0 Å². The van der Waals surface area contributed by atoms with E-state index in [1.165, 1.54) is 57.8 Å². The average Bonchev–Trinajstić information content (AvgIpc) is 2.29. The minimum Gasteiger partial charge on any atom is -0.271 e. The van der Waals surface area contributed by atoms with Crippen molar-refractivity contribution >= 4 is 0 Å². The highest BCUT2D eigenvalue weighted by molar-refractivity contribution is 5.06. The Morgan fingerprint density at radius 3 is 2.87 bits per heavy atom. The van der Waals surface area contributed by atoms with Gasteiger partial charge in [-0.3, -0.25) is 11.3 Å². The quantitative estimate of drug-likeness (QED) is 0.293. The zero-order chi connectivity index (χ0) is 10.9. The molecule has 0 aromatic carbocycles. The maximum Gasteiger partial charge on any atom is 0.0247 e. The molecule has 0 aliphatic heterocycles. The van der Waals surface area contributed by atoms with Crippen molar-refractivity contribution in [3.05, 3.63) is 11.6 Å². The first-order valence-electron chi connectivity index (χ1n) is 6.50. The summed E-state index contributed by atoms with van der Waals surface area (Å²) in [5, 5.41) is 0. The minimum absolute atomic E-state index is 0.501. The lowest BCUT2D eigenvalue weighted by atomic mass is 9.92. The number of hydrogen-bond acceptors (Lipinski definition) is 2. The number of rotatable bonds is 7. The zero-order valence-corrected chi connectivity index (χ0v) is 10.1. The molecule has 1 aliphatic carbocycles. The molecule has 2 nitrogen and oxygen atoms in total. The van der Waals surface area contributed by atoms with Gasteiger partial charge in [0.1, 0.15) is 0 Å². The third-order valence-electron chi connectivity index (χ3n) is 3.29. The van der Waals surface area contributed by atoms with Crippen molar-refractivity contribution in [1.29, 1.82) is 0 Å². The van der Waals surface area contributed by atoms with Crippen molar-refractivity contribution in [3.8, 4) is 0 Å². The van der Waals surface area contributed by atoms with Gasteiger partial charge < -0.3 is 0 Å². The maximum absolute atomic E-state index is 5.59. The summed E-state index contributed by atoms with van der Waals surface area (Å²) in [5.41, 5.74) is 4.59. The van der Waals surface area contributed by atoms with Crippen LogP contribution in [0.4, 0.5) is 0 Å². The van der Waals surface area contributed by atoms with E-state index in [-0.39, 0.29) is 0 Å². The molecule has 0 bridgehead atoms. The molecule has 3 N–H and O–H groups in total. The molecular formula is C13H26N2. The van der Waals surface area contributed by atoms with E-state index in [9.17, 15) is 0 Å². The van der Waals surface area contributed by atoms with Gasteiger partial charge in [-0.05, 0) is 38.5 Å². The Balaban J connectivity index is 2.22. The second-order valence-electron chi connectivity index (χ2n) is 4.67. The summed E-state index contributed by atoms with van der Waals surface area (Å²) >= 11 is 0. The largest absolute Gasteiger partial charge is 0.271 e. The third kappa shape index (κ3) is 5.33. The Morgan fingerprint density at radius 2 is 2.27 bits per heavy atom. The van der Waals surface area contributed by atoms with Gasteiger partial charge >= 0.3 is 0 Å². The summed E-state index contributed by atoms with van der Waals surface area (Å²) in [6.45, 7) is 2.24. The number of nitrogens with two attached hydrogens (primary N) is 1. The van der Waals surface area contributed by atoms with Crippen molar-refractivity contribution in [3.63, 3.8) is 0 Å². The summed E-state index contributed by atoms with van der Waals surface area (Å²) < 4.78 is 0. The van der Waals surface area contributed by atoms with Crippen LogP contribution in [0.1, 0.15) is 64.7 Å². The van der Waals surface area contributed by atoms with Crippen LogP contribution in [0.15, 0.2) is 11.6 Å². The molecule has 0 heterocycles. The fourth-order valence-corrected chi connectivity index (χ4v) is 2.29. The summed E-state index contributed by atoms with van der Waals surface area (Å²) in [6.07, 6.45) is 14.1. The number of hydrogen-bond donors (Lipinski definition) is 2. The van der Waals surface area contributed by atoms with Crippen LogP contribution in [0.5, 0.6) is 0 Å². The van der Waals surface area contributed by atoms with Gasteiger partial charge in [0.05, 0.1) is 0 Å². The Kier molecular flexibility index (Phi) is 6.69. The van der Waals surface area contributed by atoms with Crippen molar-refractivity contribution < 1.29 is 0 Å². The Morgan fingerprint density at radius 1 is 1.40 bits per heavy atom. The molecule has 2 heteroatoms. The standard InChI is InChI=1S/C13H26N2/c1-2-3-5-10-13(15-14)11-12-8-6-4-7-9-12/h8,13,15H,2-7,9-11,14H2,1H3. The van der Waals surface area contributed by atoms with Crippen LogP contribution in [-0.4, -0.2) is 6.04 Å². The fourth-order valence-electron chi connectivity index (χ4n) is 2.29. The van der Waals surface area contributed by atoms with Crippen LogP contribution in [0, 0.1) is 0 Å². The SMILES string of the molecule is CCCCCC(CC1=CCCCC1)NN. The van der Waals surface area contributed by atoms with Crippen LogP contribution < -0.4 is 11.3 Å². The molecule has 0 aromatic rings. The summed E-state index contributed by atoms with van der Waals surface area (Å²) in [4.78, 5) is 0. The molecule has 0 saturated heterocycles. The van der Waals surface area contributed by atoms with Gasteiger partial charge in [-0.1, -0.05) is 37.8 Å². The second-order valence-corrected chi connectivity index (χ2v) is 4.67. The van der Waals surface area contributed by atoms with Crippen LogP contribution in [0.2, 0.25) is 0 Å². The highest BCUT2D eigenvalue weighted by Crippen LogP contribution is 2.22. The monoisotopic (exact) mass is 210 g/mol. The fraction of sp³-hybridized carbons (Fsp3) is 0.846. The molecule has 0 saturated carbocycles. The zero-order valence-electron chi connectivity index (χ0n) is 10.1. The summed E-state index contributed by atoms with van der Waals surface area (Å²) in [7, 11) is 0. The number of hydrazine groups is 1. The lowest BCUT2D eigenvalue weighted by Gasteiger charge is -2.20. The molecule has 15 heavy (non-hydrogen) atoms. The van der Waals surface area contributed by atoms with Gasteiger partial charge in [0, 0.05) is 6.04 Å².